The number of fused-ring (bicyclic) bond motifs is 6. The number of aromatic nitrogens is 1. The predicted molar refractivity (Wildman–Crippen MR) is 103 cm³/mol. The van der Waals surface area contributed by atoms with Gasteiger partial charge in [0.05, 0.1) is 10.3 Å². The van der Waals surface area contributed by atoms with E-state index in [1.165, 1.54) is 11.3 Å². The number of carbonyl (C=O) groups excluding carboxylic acids is 1. The van der Waals surface area contributed by atoms with Crippen LogP contribution in [0, 0.1) is 0 Å². The SMILES string of the molecule is CC(C)(C)c1ccc2c(c1)sc1[n+]2[B-](F)(F)N2C(=O)c3ccccc3C2=N1. The number of hydrogen-bond acceptors (Lipinski definition) is 3. The lowest BCUT2D eigenvalue weighted by Crippen LogP contribution is -2.72. The second kappa shape index (κ2) is 5.01. The van der Waals surface area contributed by atoms with Crippen LogP contribution in [0.15, 0.2) is 47.5 Å². The number of amidine groups is 1. The maximum atomic E-state index is 15.5. The summed E-state index contributed by atoms with van der Waals surface area (Å²) >= 11 is 1.23. The maximum Gasteiger partial charge on any atom is 0.645 e. The zero-order chi connectivity index (χ0) is 19.1. The number of halogens is 2. The Bertz CT molecular complexity index is 1180. The average molecular weight is 383 g/mol. The minimum atomic E-state index is -4.32. The second-order valence-electron chi connectivity index (χ2n) is 7.93. The van der Waals surface area contributed by atoms with Crippen LogP contribution in [0.25, 0.3) is 10.2 Å². The number of thiazole rings is 1. The summed E-state index contributed by atoms with van der Waals surface area (Å²) in [5.41, 5.74) is 2.12. The van der Waals surface area contributed by atoms with Crippen LogP contribution in [0.2, 0.25) is 0 Å². The van der Waals surface area contributed by atoms with E-state index >= 15 is 8.63 Å². The summed E-state index contributed by atoms with van der Waals surface area (Å²) < 4.78 is 32.7. The minimum absolute atomic E-state index is 0.0446. The summed E-state index contributed by atoms with van der Waals surface area (Å²) in [6, 6.07) is 12.2. The van der Waals surface area contributed by atoms with Crippen molar-refractivity contribution < 1.29 is 17.9 Å². The van der Waals surface area contributed by atoms with Crippen LogP contribution < -0.4 is 4.48 Å². The van der Waals surface area contributed by atoms with Gasteiger partial charge in [-0.05, 0) is 51.6 Å². The van der Waals surface area contributed by atoms with E-state index in [9.17, 15) is 4.79 Å². The summed E-state index contributed by atoms with van der Waals surface area (Å²) in [6.45, 7) is 1.93. The number of carbonyl (C=O) groups is 1. The fourth-order valence-electron chi connectivity index (χ4n) is 3.72. The standard InChI is InChI=1S/C19H16BF2N3OS/c1-19(2,3)11-8-9-14-15(10-11)27-18-23-16-12-6-4-5-7-13(12)17(26)25(16)20(21,22)24(14)18/h4-10H,1-3H3. The Balaban J connectivity index is 1.79. The van der Waals surface area contributed by atoms with Crippen LogP contribution in [-0.4, -0.2) is 23.5 Å². The van der Waals surface area contributed by atoms with Gasteiger partial charge in [0.25, 0.3) is 0 Å². The molecule has 2 aliphatic rings. The molecule has 2 aliphatic heterocycles. The fraction of sp³-hybridized carbons (Fsp3) is 0.211. The van der Waals surface area contributed by atoms with Gasteiger partial charge in [0.15, 0.2) is 0 Å². The number of nitrogens with zero attached hydrogens (tertiary/aromatic N) is 3. The number of amides is 1. The van der Waals surface area contributed by atoms with Gasteiger partial charge in [0, 0.05) is 5.56 Å². The van der Waals surface area contributed by atoms with Crippen LogP contribution >= 0.6 is 11.3 Å². The summed E-state index contributed by atoms with van der Waals surface area (Å²) in [5.74, 6) is -0.652. The molecule has 4 nitrogen and oxygen atoms in total. The number of rotatable bonds is 0. The maximum absolute atomic E-state index is 15.5. The molecule has 3 heterocycles. The largest absolute Gasteiger partial charge is 0.645 e. The lowest BCUT2D eigenvalue weighted by Gasteiger charge is -2.33. The summed E-state index contributed by atoms with van der Waals surface area (Å²) in [7, 11) is 0. The molecule has 0 aliphatic carbocycles. The van der Waals surface area contributed by atoms with Crippen LogP contribution in [-0.2, 0) is 5.41 Å². The van der Waals surface area contributed by atoms with Crippen LogP contribution in [0.3, 0.4) is 0 Å². The number of hydrogen-bond donors (Lipinski definition) is 0. The number of aliphatic imine (C=N–C) groups is 1. The molecule has 0 unspecified atom stereocenters. The van der Waals surface area contributed by atoms with Crippen molar-refractivity contribution in [3.63, 3.8) is 0 Å². The van der Waals surface area contributed by atoms with Gasteiger partial charge in [0.1, 0.15) is 5.52 Å². The fourth-order valence-corrected chi connectivity index (χ4v) is 4.83. The van der Waals surface area contributed by atoms with E-state index in [2.05, 4.69) is 25.8 Å². The molecule has 0 spiro atoms. The molecule has 0 N–H and O–H groups in total. The molecular weight excluding hydrogens is 367 g/mol. The van der Waals surface area contributed by atoms with Crippen molar-refractivity contribution in [2.24, 2.45) is 4.99 Å². The Morgan fingerprint density at radius 3 is 2.52 bits per heavy atom. The van der Waals surface area contributed by atoms with Gasteiger partial charge < -0.3 is 17.9 Å². The van der Waals surface area contributed by atoms with Crippen LogP contribution in [0.4, 0.5) is 13.8 Å². The van der Waals surface area contributed by atoms with E-state index in [4.69, 9.17) is 0 Å². The van der Waals surface area contributed by atoms with E-state index < -0.39 is 12.9 Å². The average Bonchev–Trinajstić information content (AvgIpc) is 3.11. The topological polar surface area (TPSA) is 36.5 Å². The van der Waals surface area contributed by atoms with Crippen molar-refractivity contribution in [1.82, 2.24) is 4.81 Å². The first-order chi connectivity index (χ1) is 12.7. The van der Waals surface area contributed by atoms with E-state index in [1.54, 1.807) is 30.3 Å². The van der Waals surface area contributed by atoms with E-state index in [-0.39, 0.29) is 21.9 Å². The lowest BCUT2D eigenvalue weighted by molar-refractivity contribution is -0.527. The van der Waals surface area contributed by atoms with E-state index in [0.717, 1.165) is 14.7 Å². The molecule has 8 heteroatoms. The molecule has 5 rings (SSSR count). The van der Waals surface area contributed by atoms with Crippen molar-refractivity contribution in [1.29, 1.82) is 0 Å². The zero-order valence-electron chi connectivity index (χ0n) is 15.0. The first kappa shape index (κ1) is 16.6. The molecule has 27 heavy (non-hydrogen) atoms. The van der Waals surface area contributed by atoms with Crippen molar-refractivity contribution in [2.75, 3.05) is 0 Å². The first-order valence-corrected chi connectivity index (χ1v) is 9.54. The third-order valence-corrected chi connectivity index (χ3v) is 6.18. The van der Waals surface area contributed by atoms with Gasteiger partial charge in [-0.1, -0.05) is 39.0 Å². The second-order valence-corrected chi connectivity index (χ2v) is 8.94. The highest BCUT2D eigenvalue weighted by molar-refractivity contribution is 7.21. The van der Waals surface area contributed by atoms with E-state index in [0.29, 0.717) is 15.9 Å². The summed E-state index contributed by atoms with van der Waals surface area (Å²) in [6.07, 6.45) is 0. The van der Waals surface area contributed by atoms with Crippen molar-refractivity contribution in [2.45, 2.75) is 26.2 Å². The lowest BCUT2D eigenvalue weighted by atomic mass is 9.86. The molecule has 1 aromatic heterocycles. The molecular formula is C19H16BF2N3OS. The molecule has 2 aromatic carbocycles. The number of benzene rings is 2. The van der Waals surface area contributed by atoms with Crippen LogP contribution in [0.5, 0.6) is 0 Å². The smallest absolute Gasteiger partial charge is 0.414 e. The van der Waals surface area contributed by atoms with Gasteiger partial charge in [-0.15, -0.1) is 0 Å². The Hall–Kier alpha value is -2.61. The van der Waals surface area contributed by atoms with Gasteiger partial charge in [-0.2, -0.15) is 0 Å². The molecule has 0 saturated carbocycles. The molecule has 0 atom stereocenters. The molecule has 3 aromatic rings. The predicted octanol–water partition coefficient (Wildman–Crippen LogP) is 4.26. The van der Waals surface area contributed by atoms with Gasteiger partial charge in [-0.25, -0.2) is 0 Å². The molecule has 0 radical (unpaired) electrons. The molecule has 136 valence electrons. The van der Waals surface area contributed by atoms with Gasteiger partial charge in [0.2, 0.25) is 11.7 Å². The monoisotopic (exact) mass is 383 g/mol. The van der Waals surface area contributed by atoms with E-state index in [1.807, 2.05) is 12.1 Å². The Morgan fingerprint density at radius 1 is 1.11 bits per heavy atom. The summed E-state index contributed by atoms with van der Waals surface area (Å²) in [4.78, 5) is 17.7. The highest BCUT2D eigenvalue weighted by atomic mass is 32.1. The normalized spacial score (nSPS) is 17.6. The van der Waals surface area contributed by atoms with Gasteiger partial charge in [-0.3, -0.25) is 4.79 Å². The van der Waals surface area contributed by atoms with Crippen molar-refractivity contribution in [3.8, 4) is 0 Å². The van der Waals surface area contributed by atoms with Crippen LogP contribution in [0.1, 0.15) is 42.3 Å². The quantitative estimate of drug-likeness (QED) is 0.535. The van der Waals surface area contributed by atoms with Crippen molar-refractivity contribution in [3.05, 3.63) is 59.2 Å². The van der Waals surface area contributed by atoms with Gasteiger partial charge >= 0.3 is 12.1 Å². The molecule has 0 fully saturated rings. The highest BCUT2D eigenvalue weighted by Gasteiger charge is 2.57. The first-order valence-electron chi connectivity index (χ1n) is 8.72. The highest BCUT2D eigenvalue weighted by Crippen LogP contribution is 2.39. The Labute approximate surface area is 158 Å². The minimum Gasteiger partial charge on any atom is -0.414 e. The Morgan fingerprint density at radius 2 is 1.81 bits per heavy atom. The third kappa shape index (κ3) is 2.10. The van der Waals surface area contributed by atoms with Crippen molar-refractivity contribution >= 4 is 45.4 Å². The third-order valence-electron chi connectivity index (χ3n) is 5.16. The molecule has 0 bridgehead atoms. The summed E-state index contributed by atoms with van der Waals surface area (Å²) in [5, 5.41) is 0.219. The molecule has 1 amide bonds. The Kier molecular flexibility index (Phi) is 3.07. The zero-order valence-corrected chi connectivity index (χ0v) is 15.8. The molecule has 0 saturated heterocycles.